The molecule has 0 unspecified atom stereocenters. The molecule has 140 heavy (non-hydrogen) atoms. The summed E-state index contributed by atoms with van der Waals surface area (Å²) >= 11 is 0. The van der Waals surface area contributed by atoms with E-state index in [2.05, 4.69) is 139 Å². The van der Waals surface area contributed by atoms with Crippen LogP contribution in [0, 0.1) is 64.6 Å². The largest absolute Gasteiger partial charge is 0.459 e. The number of carbonyl (C=O) groups is 7. The maximum absolute atomic E-state index is 12.6. The number of nitrogens with one attached hydrogen (secondary N) is 6. The van der Waals surface area contributed by atoms with Gasteiger partial charge >= 0.3 is 35.8 Å². The predicted molar refractivity (Wildman–Crippen MR) is 569 cm³/mol. The lowest BCUT2D eigenvalue weighted by Gasteiger charge is -2.39. The number of hydrogen-bond acceptors (Lipinski definition) is 19. The number of carbonyl (C=O) groups excluding carboxylic acids is 7. The molecule has 6 aromatic rings. The van der Waals surface area contributed by atoms with Crippen molar-refractivity contribution in [3.63, 3.8) is 0 Å². The van der Waals surface area contributed by atoms with E-state index in [0.717, 1.165) is 223 Å². The Morgan fingerprint density at radius 1 is 0.264 bits per heavy atom. The van der Waals surface area contributed by atoms with Gasteiger partial charge in [0.2, 0.25) is 0 Å². The molecule has 6 heterocycles. The Kier molecular flexibility index (Phi) is 45.7. The number of ketones is 1. The van der Waals surface area contributed by atoms with Gasteiger partial charge in [-0.3, -0.25) is 14.4 Å². The Morgan fingerprint density at radius 3 is 0.843 bits per heavy atom. The maximum atomic E-state index is 12.6. The molecule has 0 atom stereocenters. The fourth-order valence-electron chi connectivity index (χ4n) is 21.5. The van der Waals surface area contributed by atoms with Gasteiger partial charge in [-0.05, 0) is 396 Å². The smallest absolute Gasteiger partial charge is 0.338 e. The highest BCUT2D eigenvalue weighted by Crippen LogP contribution is 2.43. The number of benzene rings is 6. The average molecular weight is 1930 g/mol. The first kappa shape index (κ1) is 115. The van der Waals surface area contributed by atoms with Gasteiger partial charge in [0.05, 0.1) is 34.1 Å². The Hall–Kier alpha value is -8.43. The van der Waals surface area contributed by atoms with Crippen LogP contribution in [0.4, 0.5) is 0 Å². The first-order valence-corrected chi connectivity index (χ1v) is 54.2. The zero-order valence-corrected chi connectivity index (χ0v) is 89.9. The van der Waals surface area contributed by atoms with E-state index < -0.39 is 22.4 Å². The van der Waals surface area contributed by atoms with Gasteiger partial charge in [-0.1, -0.05) is 203 Å². The molecule has 0 bridgehead atoms. The van der Waals surface area contributed by atoms with Gasteiger partial charge < -0.3 is 60.3 Å². The van der Waals surface area contributed by atoms with Crippen molar-refractivity contribution >= 4 is 41.6 Å². The molecule has 2 aliphatic carbocycles. The minimum atomic E-state index is -0.502. The van der Waals surface area contributed by atoms with Gasteiger partial charge in [0, 0.05) is 46.6 Å². The van der Waals surface area contributed by atoms with Crippen LogP contribution in [0.1, 0.15) is 380 Å². The Balaban J connectivity index is 0.000000188. The summed E-state index contributed by atoms with van der Waals surface area (Å²) in [6.07, 6.45) is 31.8. The van der Waals surface area contributed by atoms with E-state index in [1.54, 1.807) is 36.4 Å². The SMILES string of the molecule is CC(C)(C)C1CCC(C(=O)OC(C)(C)C2CCNCC2)CC1.CC(C)(C)c1ccc(C(=O)OC(C)(C)C2CCNCC2)cc1.CC(C)(OC(=O)c1ccc(-c2ccccc2)cc1)C1CCNCC1.CC(C)(OC(=O)c1ccc(C(=O)c2ccccc2)cc1)C1CCNCC1.CCCCCC1CCC(C(=O)OC(C)(C)C2CCNCC2)CC1.CCCCCc1ccc(C(=O)OC(C)(C)C2CCNCC2)cc1. The predicted octanol–water partition coefficient (Wildman–Crippen LogP) is 25.3. The zero-order valence-electron chi connectivity index (χ0n) is 89.9. The van der Waals surface area contributed by atoms with E-state index in [-0.39, 0.29) is 70.1 Å². The lowest BCUT2D eigenvalue weighted by molar-refractivity contribution is -0.170. The summed E-state index contributed by atoms with van der Waals surface area (Å²) in [4.78, 5) is 87.5. The number of unbranched alkanes of at least 4 members (excludes halogenated alkanes) is 4. The van der Waals surface area contributed by atoms with Crippen LogP contribution in [0.25, 0.3) is 11.1 Å². The van der Waals surface area contributed by atoms with E-state index in [4.69, 9.17) is 28.4 Å². The van der Waals surface area contributed by atoms with Crippen LogP contribution in [0.3, 0.4) is 0 Å². The highest BCUT2D eigenvalue weighted by Gasteiger charge is 2.43. The molecule has 6 N–H and O–H groups in total. The van der Waals surface area contributed by atoms with Gasteiger partial charge in [0.15, 0.2) is 5.78 Å². The van der Waals surface area contributed by atoms with E-state index in [0.29, 0.717) is 74.3 Å². The highest BCUT2D eigenvalue weighted by molar-refractivity contribution is 6.09. The van der Waals surface area contributed by atoms with Crippen LogP contribution in [0.15, 0.2) is 158 Å². The second-order valence-corrected chi connectivity index (χ2v) is 46.5. The molecule has 19 nitrogen and oxygen atoms in total. The molecule has 19 heteroatoms. The fraction of sp³-hybridized carbons (Fsp3) is 0.645. The van der Waals surface area contributed by atoms with Gasteiger partial charge in [0.1, 0.15) is 33.6 Å². The van der Waals surface area contributed by atoms with Crippen molar-refractivity contribution in [2.75, 3.05) is 78.5 Å². The summed E-state index contributed by atoms with van der Waals surface area (Å²) < 4.78 is 35.3. The third-order valence-electron chi connectivity index (χ3n) is 31.7. The molecule has 8 aliphatic rings. The summed E-state index contributed by atoms with van der Waals surface area (Å²) in [5, 5.41) is 20.2. The molecule has 774 valence electrons. The molecule has 6 aromatic carbocycles. The van der Waals surface area contributed by atoms with E-state index in [1.165, 1.54) is 68.9 Å². The molecular formula is C121H182N6O13. The normalized spacial score (nSPS) is 19.9. The lowest BCUT2D eigenvalue weighted by atomic mass is 9.70. The van der Waals surface area contributed by atoms with Crippen LogP contribution in [0.2, 0.25) is 0 Å². The molecule has 6 aliphatic heterocycles. The first-order valence-electron chi connectivity index (χ1n) is 54.2. The number of esters is 6. The highest BCUT2D eigenvalue weighted by atomic mass is 16.6. The molecule has 6 saturated heterocycles. The van der Waals surface area contributed by atoms with Crippen LogP contribution in [-0.2, 0) is 49.8 Å². The van der Waals surface area contributed by atoms with Crippen LogP contribution in [0.5, 0.6) is 0 Å². The molecule has 14 rings (SSSR count). The van der Waals surface area contributed by atoms with Crippen molar-refractivity contribution in [2.24, 2.45) is 64.6 Å². The quantitative estimate of drug-likeness (QED) is 0.0111. The maximum Gasteiger partial charge on any atom is 0.338 e. The Bertz CT molecular complexity index is 4650. The Labute approximate surface area is 844 Å². The molecule has 0 spiro atoms. The molecular weight excluding hydrogens is 1750 g/mol. The topological polar surface area (TPSA) is 247 Å². The molecule has 0 radical (unpaired) electrons. The minimum Gasteiger partial charge on any atom is -0.459 e. The summed E-state index contributed by atoms with van der Waals surface area (Å²) in [5.41, 5.74) is 6.41. The van der Waals surface area contributed by atoms with E-state index in [1.807, 2.05) is 152 Å². The number of ether oxygens (including phenoxy) is 6. The summed E-state index contributed by atoms with van der Waals surface area (Å²) in [6.45, 7) is 54.6. The number of piperidine rings is 6. The van der Waals surface area contributed by atoms with Crippen molar-refractivity contribution in [3.05, 3.63) is 202 Å². The summed E-state index contributed by atoms with van der Waals surface area (Å²) in [6, 6.07) is 49.3. The number of aryl methyl sites for hydroxylation is 1. The number of rotatable bonds is 29. The van der Waals surface area contributed by atoms with Crippen molar-refractivity contribution in [3.8, 4) is 11.1 Å². The van der Waals surface area contributed by atoms with Crippen LogP contribution < -0.4 is 31.9 Å². The summed E-state index contributed by atoms with van der Waals surface area (Å²) in [5.74, 6) is 3.54. The third-order valence-corrected chi connectivity index (χ3v) is 31.7. The van der Waals surface area contributed by atoms with Gasteiger partial charge in [-0.2, -0.15) is 0 Å². The van der Waals surface area contributed by atoms with Crippen molar-refractivity contribution < 1.29 is 62.0 Å². The van der Waals surface area contributed by atoms with E-state index >= 15 is 0 Å². The molecule has 0 amide bonds. The van der Waals surface area contributed by atoms with E-state index in [9.17, 15) is 33.6 Å². The molecule has 2 saturated carbocycles. The summed E-state index contributed by atoms with van der Waals surface area (Å²) in [7, 11) is 0. The first-order chi connectivity index (χ1) is 66.5. The standard InChI is InChI=1S/C22H25NO3.C21H25NO2.C20H37NO2.C20H31NO2.C19H35NO2.C19H29NO2/c1-22(2,19-12-14-23-15-13-19)26-21(25)18-10-8-17(9-11-18)20(24)16-6-4-3-5-7-16;1-21(2,19-12-14-22-15-13-19)24-20(23)18-10-8-17(9-11-18)16-6-4-3-5-7-16;2*1-4-5-6-7-16-8-10-17(11-9-16)19(22)23-20(2,3)18-12-14-21-15-13-18;2*1-18(2,3)15-8-6-14(7-9-15)17(21)22-19(4,5)16-10-12-20-13-11-16/h3-11,19,23H,12-15H2,1-2H3;3-11,19,22H,12-15H2,1-2H3;16-18,21H,4-15H2,1-3H3;8-11,18,21H,4-7,12-15H2,1-3H3;14-16,20H,6-13H2,1-5H3;6-9,16,20H,10-13H2,1-5H3. The van der Waals surface area contributed by atoms with Crippen LogP contribution >= 0.6 is 0 Å². The number of hydrogen-bond donors (Lipinski definition) is 6. The Morgan fingerprint density at radius 2 is 0.529 bits per heavy atom. The van der Waals surface area contributed by atoms with Gasteiger partial charge in [0.25, 0.3) is 0 Å². The second-order valence-electron chi connectivity index (χ2n) is 46.5. The molecule has 8 fully saturated rings. The van der Waals surface area contributed by atoms with Crippen molar-refractivity contribution in [2.45, 2.75) is 357 Å². The second kappa shape index (κ2) is 55.6. The molecule has 0 aromatic heterocycles. The van der Waals surface area contributed by atoms with Crippen molar-refractivity contribution in [1.29, 1.82) is 0 Å². The fourth-order valence-corrected chi connectivity index (χ4v) is 21.5. The average Bonchev–Trinajstić information content (AvgIpc) is 0.821. The lowest BCUT2D eigenvalue weighted by Crippen LogP contribution is -2.44. The monoisotopic (exact) mass is 1930 g/mol. The van der Waals surface area contributed by atoms with Gasteiger partial charge in [-0.25, -0.2) is 19.2 Å². The minimum absolute atomic E-state index is 0.0518. The van der Waals surface area contributed by atoms with Crippen molar-refractivity contribution in [1.82, 2.24) is 31.9 Å². The van der Waals surface area contributed by atoms with Gasteiger partial charge in [-0.15, -0.1) is 0 Å². The third kappa shape index (κ3) is 37.3. The zero-order chi connectivity index (χ0) is 102. The van der Waals surface area contributed by atoms with Crippen LogP contribution in [-0.4, -0.2) is 154 Å².